The Morgan fingerprint density at radius 2 is 1.83 bits per heavy atom. The van der Waals surface area contributed by atoms with E-state index in [-0.39, 0.29) is 5.54 Å². The second kappa shape index (κ2) is 5.05. The normalized spacial score (nSPS) is 21.8. The van der Waals surface area contributed by atoms with Gasteiger partial charge in [-0.25, -0.2) is 0 Å². The summed E-state index contributed by atoms with van der Waals surface area (Å²) in [7, 11) is 0. The van der Waals surface area contributed by atoms with Crippen LogP contribution in [0.5, 0.6) is 0 Å². The molecular formula is C17H27N. The molecule has 1 aromatic carbocycles. The van der Waals surface area contributed by atoms with Crippen LogP contribution in [0.25, 0.3) is 0 Å². The standard InChI is InChI=1S/C17H27N/c1-13(2)14-9-6-7-10-15(14)16-11-8-12-18(16)17(3,4)5/h6-7,9-10,13,16H,8,11-12H2,1-5H3. The molecular weight excluding hydrogens is 218 g/mol. The van der Waals surface area contributed by atoms with E-state index in [1.165, 1.54) is 24.9 Å². The van der Waals surface area contributed by atoms with E-state index in [2.05, 4.69) is 63.8 Å². The third-order valence-corrected chi connectivity index (χ3v) is 4.09. The summed E-state index contributed by atoms with van der Waals surface area (Å²) in [6, 6.07) is 9.63. The molecule has 0 radical (unpaired) electrons. The topological polar surface area (TPSA) is 3.24 Å². The smallest absolute Gasteiger partial charge is 0.0356 e. The summed E-state index contributed by atoms with van der Waals surface area (Å²) in [4.78, 5) is 2.67. The van der Waals surface area contributed by atoms with Crippen LogP contribution in [-0.4, -0.2) is 17.0 Å². The minimum absolute atomic E-state index is 0.269. The molecule has 0 amide bonds. The highest BCUT2D eigenvalue weighted by molar-refractivity contribution is 5.33. The van der Waals surface area contributed by atoms with Gasteiger partial charge in [-0.15, -0.1) is 0 Å². The fourth-order valence-corrected chi connectivity index (χ4v) is 3.23. The fraction of sp³-hybridized carbons (Fsp3) is 0.647. The number of likely N-dealkylation sites (tertiary alicyclic amines) is 1. The van der Waals surface area contributed by atoms with E-state index >= 15 is 0 Å². The maximum absolute atomic E-state index is 2.67. The van der Waals surface area contributed by atoms with E-state index in [1.54, 1.807) is 5.56 Å². The third-order valence-electron chi connectivity index (χ3n) is 4.09. The van der Waals surface area contributed by atoms with Gasteiger partial charge in [-0.1, -0.05) is 38.1 Å². The van der Waals surface area contributed by atoms with Crippen molar-refractivity contribution < 1.29 is 0 Å². The highest BCUT2D eigenvalue weighted by atomic mass is 15.2. The second-order valence-corrected chi connectivity index (χ2v) is 6.81. The van der Waals surface area contributed by atoms with E-state index in [9.17, 15) is 0 Å². The molecule has 0 bridgehead atoms. The Morgan fingerprint density at radius 3 is 2.44 bits per heavy atom. The van der Waals surface area contributed by atoms with Crippen molar-refractivity contribution in [3.63, 3.8) is 0 Å². The van der Waals surface area contributed by atoms with Crippen LogP contribution in [0, 0.1) is 0 Å². The van der Waals surface area contributed by atoms with Crippen molar-refractivity contribution >= 4 is 0 Å². The number of benzene rings is 1. The van der Waals surface area contributed by atoms with Gasteiger partial charge in [0.2, 0.25) is 0 Å². The van der Waals surface area contributed by atoms with E-state index in [0.29, 0.717) is 12.0 Å². The zero-order valence-corrected chi connectivity index (χ0v) is 12.5. The Bertz CT molecular complexity index is 400. The van der Waals surface area contributed by atoms with Crippen LogP contribution >= 0.6 is 0 Å². The third kappa shape index (κ3) is 2.61. The predicted molar refractivity (Wildman–Crippen MR) is 79.0 cm³/mol. The highest BCUT2D eigenvalue weighted by Crippen LogP contribution is 2.39. The molecule has 1 heteroatoms. The number of nitrogens with zero attached hydrogens (tertiary/aromatic N) is 1. The lowest BCUT2D eigenvalue weighted by Crippen LogP contribution is -2.40. The molecule has 0 spiro atoms. The van der Waals surface area contributed by atoms with Crippen LogP contribution < -0.4 is 0 Å². The molecule has 1 saturated heterocycles. The van der Waals surface area contributed by atoms with Gasteiger partial charge >= 0.3 is 0 Å². The first-order chi connectivity index (χ1) is 8.41. The van der Waals surface area contributed by atoms with E-state index in [1.807, 2.05) is 0 Å². The van der Waals surface area contributed by atoms with Gasteiger partial charge in [-0.05, 0) is 57.2 Å². The first-order valence-corrected chi connectivity index (χ1v) is 7.27. The molecule has 0 aliphatic carbocycles. The van der Waals surface area contributed by atoms with Crippen molar-refractivity contribution in [3.8, 4) is 0 Å². The van der Waals surface area contributed by atoms with Gasteiger partial charge in [0.25, 0.3) is 0 Å². The first kappa shape index (κ1) is 13.6. The number of rotatable bonds is 2. The van der Waals surface area contributed by atoms with Crippen LogP contribution in [0.15, 0.2) is 24.3 Å². The molecule has 1 aromatic rings. The maximum atomic E-state index is 2.67. The molecule has 1 unspecified atom stereocenters. The van der Waals surface area contributed by atoms with Gasteiger partial charge in [0.1, 0.15) is 0 Å². The Labute approximate surface area is 112 Å². The summed E-state index contributed by atoms with van der Waals surface area (Å²) in [5.41, 5.74) is 3.35. The Kier molecular flexibility index (Phi) is 3.82. The quantitative estimate of drug-likeness (QED) is 0.727. The van der Waals surface area contributed by atoms with Gasteiger partial charge < -0.3 is 0 Å². The fourth-order valence-electron chi connectivity index (χ4n) is 3.23. The molecule has 1 heterocycles. The van der Waals surface area contributed by atoms with Gasteiger partial charge in [0.05, 0.1) is 0 Å². The van der Waals surface area contributed by atoms with Crippen molar-refractivity contribution in [1.29, 1.82) is 0 Å². The SMILES string of the molecule is CC(C)c1ccccc1C1CCCN1C(C)(C)C. The van der Waals surface area contributed by atoms with E-state index in [0.717, 1.165) is 0 Å². The summed E-state index contributed by atoms with van der Waals surface area (Å²) in [6.45, 7) is 12.8. The number of hydrogen-bond donors (Lipinski definition) is 0. The number of hydrogen-bond acceptors (Lipinski definition) is 1. The average Bonchev–Trinajstić information content (AvgIpc) is 2.77. The molecule has 1 atom stereocenters. The lowest BCUT2D eigenvalue weighted by atomic mass is 9.90. The second-order valence-electron chi connectivity index (χ2n) is 6.81. The molecule has 2 rings (SSSR count). The minimum atomic E-state index is 0.269. The zero-order chi connectivity index (χ0) is 13.3. The summed E-state index contributed by atoms with van der Waals surface area (Å²) in [5.74, 6) is 0.614. The average molecular weight is 245 g/mol. The molecule has 0 N–H and O–H groups in total. The van der Waals surface area contributed by atoms with Gasteiger partial charge in [0.15, 0.2) is 0 Å². The Balaban J connectivity index is 2.36. The Morgan fingerprint density at radius 1 is 1.17 bits per heavy atom. The zero-order valence-electron chi connectivity index (χ0n) is 12.5. The summed E-state index contributed by atoms with van der Waals surface area (Å²) >= 11 is 0. The molecule has 1 aliphatic rings. The summed E-state index contributed by atoms with van der Waals surface area (Å²) < 4.78 is 0. The molecule has 0 aromatic heterocycles. The molecule has 0 saturated carbocycles. The van der Waals surface area contributed by atoms with Crippen molar-refractivity contribution in [1.82, 2.24) is 4.90 Å². The first-order valence-electron chi connectivity index (χ1n) is 7.27. The van der Waals surface area contributed by atoms with Crippen molar-refractivity contribution in [3.05, 3.63) is 35.4 Å². The van der Waals surface area contributed by atoms with Gasteiger partial charge in [0, 0.05) is 11.6 Å². The Hall–Kier alpha value is -0.820. The molecule has 1 aliphatic heterocycles. The minimum Gasteiger partial charge on any atom is -0.291 e. The monoisotopic (exact) mass is 245 g/mol. The lowest BCUT2D eigenvalue weighted by molar-refractivity contribution is 0.121. The van der Waals surface area contributed by atoms with Gasteiger partial charge in [-0.3, -0.25) is 4.90 Å². The van der Waals surface area contributed by atoms with Crippen molar-refractivity contribution in [2.24, 2.45) is 0 Å². The summed E-state index contributed by atoms with van der Waals surface area (Å²) in [5, 5.41) is 0. The largest absolute Gasteiger partial charge is 0.291 e. The highest BCUT2D eigenvalue weighted by Gasteiger charge is 2.34. The molecule has 100 valence electrons. The van der Waals surface area contributed by atoms with Crippen LogP contribution in [0.4, 0.5) is 0 Å². The van der Waals surface area contributed by atoms with E-state index in [4.69, 9.17) is 0 Å². The van der Waals surface area contributed by atoms with Crippen molar-refractivity contribution in [2.75, 3.05) is 6.54 Å². The summed E-state index contributed by atoms with van der Waals surface area (Å²) in [6.07, 6.45) is 2.63. The van der Waals surface area contributed by atoms with Crippen LogP contribution in [-0.2, 0) is 0 Å². The molecule has 1 nitrogen and oxygen atoms in total. The van der Waals surface area contributed by atoms with Crippen LogP contribution in [0.3, 0.4) is 0 Å². The molecule has 1 fully saturated rings. The van der Waals surface area contributed by atoms with Gasteiger partial charge in [-0.2, -0.15) is 0 Å². The van der Waals surface area contributed by atoms with E-state index < -0.39 is 0 Å². The van der Waals surface area contributed by atoms with Crippen LogP contribution in [0.1, 0.15) is 70.5 Å². The van der Waals surface area contributed by atoms with Crippen LogP contribution in [0.2, 0.25) is 0 Å². The lowest BCUT2D eigenvalue weighted by Gasteiger charge is -2.38. The molecule has 18 heavy (non-hydrogen) atoms. The van der Waals surface area contributed by atoms with Crippen molar-refractivity contribution in [2.45, 2.75) is 65.0 Å². The maximum Gasteiger partial charge on any atom is 0.0356 e. The predicted octanol–water partition coefficient (Wildman–Crippen LogP) is 4.75.